The Balaban J connectivity index is 2.51. The molecule has 1 aromatic rings. The Bertz CT molecular complexity index is 351. The highest BCUT2D eigenvalue weighted by Gasteiger charge is 2.10. The number of nitrogens with one attached hydrogen (secondary N) is 1. The van der Waals surface area contributed by atoms with E-state index in [1.807, 2.05) is 38.1 Å². The molecule has 86 valence electrons. The van der Waals surface area contributed by atoms with Crippen LogP contribution >= 0.6 is 0 Å². The lowest BCUT2D eigenvalue weighted by molar-refractivity contribution is 0.414. The molecule has 0 aliphatic rings. The van der Waals surface area contributed by atoms with Gasteiger partial charge in [-0.05, 0) is 23.6 Å². The summed E-state index contributed by atoms with van der Waals surface area (Å²) in [7, 11) is 1.65. The fourth-order valence-electron chi connectivity index (χ4n) is 1.40. The molecular weight excluding hydrogens is 200 g/mol. The second-order valence-corrected chi connectivity index (χ2v) is 4.08. The van der Waals surface area contributed by atoms with E-state index in [1.165, 1.54) is 0 Å². The average molecular weight is 218 g/mol. The van der Waals surface area contributed by atoms with Crippen molar-refractivity contribution in [2.24, 2.45) is 5.92 Å². The Morgan fingerprint density at radius 2 is 1.94 bits per heavy atom. The molecule has 0 aliphatic heterocycles. The topological polar surface area (TPSA) is 45.0 Å². The Hall–Kier alpha value is -1.53. The van der Waals surface area contributed by atoms with Gasteiger partial charge in [0, 0.05) is 6.54 Å². The van der Waals surface area contributed by atoms with Crippen molar-refractivity contribution in [2.45, 2.75) is 26.4 Å². The van der Waals surface area contributed by atoms with Crippen LogP contribution in [0.25, 0.3) is 0 Å². The minimum atomic E-state index is -0.0953. The predicted molar refractivity (Wildman–Crippen MR) is 64.1 cm³/mol. The predicted octanol–water partition coefficient (Wildman–Crippen LogP) is 2.33. The molecule has 1 aromatic carbocycles. The molecule has 0 saturated carbocycles. The third-order valence-electron chi connectivity index (χ3n) is 2.49. The van der Waals surface area contributed by atoms with Crippen LogP contribution < -0.4 is 10.1 Å². The van der Waals surface area contributed by atoms with E-state index < -0.39 is 0 Å². The summed E-state index contributed by atoms with van der Waals surface area (Å²) in [6.07, 6.45) is 0. The van der Waals surface area contributed by atoms with E-state index in [-0.39, 0.29) is 6.04 Å². The largest absolute Gasteiger partial charge is 0.497 e. The maximum Gasteiger partial charge on any atom is 0.118 e. The third-order valence-corrected chi connectivity index (χ3v) is 2.49. The van der Waals surface area contributed by atoms with Crippen molar-refractivity contribution in [3.63, 3.8) is 0 Å². The van der Waals surface area contributed by atoms with Gasteiger partial charge in [-0.3, -0.25) is 5.32 Å². The number of rotatable bonds is 5. The summed E-state index contributed by atoms with van der Waals surface area (Å²) >= 11 is 0. The van der Waals surface area contributed by atoms with E-state index in [2.05, 4.69) is 11.4 Å². The minimum absolute atomic E-state index is 0.0953. The number of nitriles is 1. The maximum atomic E-state index is 8.92. The van der Waals surface area contributed by atoms with Gasteiger partial charge in [0.05, 0.1) is 19.2 Å². The Morgan fingerprint density at radius 3 is 2.38 bits per heavy atom. The van der Waals surface area contributed by atoms with Crippen LogP contribution in [-0.2, 0) is 6.54 Å². The number of hydrogen-bond donors (Lipinski definition) is 1. The van der Waals surface area contributed by atoms with Crippen LogP contribution in [0.15, 0.2) is 24.3 Å². The van der Waals surface area contributed by atoms with E-state index in [0.717, 1.165) is 11.3 Å². The van der Waals surface area contributed by atoms with Gasteiger partial charge in [-0.25, -0.2) is 0 Å². The molecule has 1 atom stereocenters. The molecular formula is C13H18N2O. The van der Waals surface area contributed by atoms with Crippen LogP contribution in [0.3, 0.4) is 0 Å². The fourth-order valence-corrected chi connectivity index (χ4v) is 1.40. The van der Waals surface area contributed by atoms with Gasteiger partial charge in [0.25, 0.3) is 0 Å². The number of nitrogens with zero attached hydrogens (tertiary/aromatic N) is 1. The molecule has 0 radical (unpaired) electrons. The summed E-state index contributed by atoms with van der Waals surface area (Å²) in [5.74, 6) is 1.17. The smallest absolute Gasteiger partial charge is 0.118 e. The second kappa shape index (κ2) is 6.14. The third kappa shape index (κ3) is 3.56. The van der Waals surface area contributed by atoms with Crippen LogP contribution in [0.2, 0.25) is 0 Å². The molecule has 16 heavy (non-hydrogen) atoms. The van der Waals surface area contributed by atoms with Crippen molar-refractivity contribution in [3.8, 4) is 11.8 Å². The summed E-state index contributed by atoms with van der Waals surface area (Å²) in [5.41, 5.74) is 1.15. The SMILES string of the molecule is COc1ccc(CNC(C#N)C(C)C)cc1. The van der Waals surface area contributed by atoms with Crippen molar-refractivity contribution in [1.29, 1.82) is 5.26 Å². The van der Waals surface area contributed by atoms with Crippen molar-refractivity contribution in [1.82, 2.24) is 5.32 Å². The van der Waals surface area contributed by atoms with Crippen LogP contribution in [0.5, 0.6) is 5.75 Å². The lowest BCUT2D eigenvalue weighted by atomic mass is 10.1. The van der Waals surface area contributed by atoms with Gasteiger partial charge >= 0.3 is 0 Å². The van der Waals surface area contributed by atoms with Crippen LogP contribution in [0.4, 0.5) is 0 Å². The van der Waals surface area contributed by atoms with E-state index in [9.17, 15) is 0 Å². The summed E-state index contributed by atoms with van der Waals surface area (Å²) in [4.78, 5) is 0. The quantitative estimate of drug-likeness (QED) is 0.825. The van der Waals surface area contributed by atoms with E-state index in [1.54, 1.807) is 7.11 Å². The number of methoxy groups -OCH3 is 1. The molecule has 0 saturated heterocycles. The number of ether oxygens (including phenoxy) is 1. The van der Waals surface area contributed by atoms with Gasteiger partial charge in [0.1, 0.15) is 5.75 Å². The lowest BCUT2D eigenvalue weighted by Crippen LogP contribution is -2.31. The lowest BCUT2D eigenvalue weighted by Gasteiger charge is -2.14. The molecule has 0 bridgehead atoms. The first-order chi connectivity index (χ1) is 7.67. The number of hydrogen-bond acceptors (Lipinski definition) is 3. The minimum Gasteiger partial charge on any atom is -0.497 e. The second-order valence-electron chi connectivity index (χ2n) is 4.08. The summed E-state index contributed by atoms with van der Waals surface area (Å²) < 4.78 is 5.08. The fraction of sp³-hybridized carbons (Fsp3) is 0.462. The zero-order valence-corrected chi connectivity index (χ0v) is 10.0. The van der Waals surface area contributed by atoms with Gasteiger partial charge in [-0.1, -0.05) is 26.0 Å². The first-order valence-corrected chi connectivity index (χ1v) is 5.43. The van der Waals surface area contributed by atoms with Gasteiger partial charge < -0.3 is 4.74 Å². The summed E-state index contributed by atoms with van der Waals surface area (Å²) in [6.45, 7) is 4.78. The molecule has 0 fully saturated rings. The van der Waals surface area contributed by atoms with Crippen LogP contribution in [0.1, 0.15) is 19.4 Å². The van der Waals surface area contributed by atoms with E-state index >= 15 is 0 Å². The molecule has 3 nitrogen and oxygen atoms in total. The molecule has 1 unspecified atom stereocenters. The highest BCUT2D eigenvalue weighted by Crippen LogP contribution is 2.11. The molecule has 0 aliphatic carbocycles. The Labute approximate surface area is 97.0 Å². The maximum absolute atomic E-state index is 8.92. The van der Waals surface area contributed by atoms with E-state index in [0.29, 0.717) is 12.5 Å². The van der Waals surface area contributed by atoms with Gasteiger partial charge in [-0.15, -0.1) is 0 Å². The van der Waals surface area contributed by atoms with Crippen molar-refractivity contribution in [2.75, 3.05) is 7.11 Å². The normalized spacial score (nSPS) is 12.2. The molecule has 0 amide bonds. The number of benzene rings is 1. The monoisotopic (exact) mass is 218 g/mol. The van der Waals surface area contributed by atoms with Crippen molar-refractivity contribution >= 4 is 0 Å². The molecule has 0 spiro atoms. The highest BCUT2D eigenvalue weighted by molar-refractivity contribution is 5.27. The molecule has 3 heteroatoms. The first-order valence-electron chi connectivity index (χ1n) is 5.43. The average Bonchev–Trinajstić information content (AvgIpc) is 2.30. The standard InChI is InChI=1S/C13H18N2O/c1-10(2)13(8-14)15-9-11-4-6-12(16-3)7-5-11/h4-7,10,13,15H,9H2,1-3H3. The molecule has 0 aromatic heterocycles. The molecule has 0 heterocycles. The molecule has 1 N–H and O–H groups in total. The Morgan fingerprint density at radius 1 is 1.31 bits per heavy atom. The van der Waals surface area contributed by atoms with Crippen LogP contribution in [-0.4, -0.2) is 13.2 Å². The van der Waals surface area contributed by atoms with Gasteiger partial charge in [-0.2, -0.15) is 5.26 Å². The zero-order valence-electron chi connectivity index (χ0n) is 10.0. The zero-order chi connectivity index (χ0) is 12.0. The highest BCUT2D eigenvalue weighted by atomic mass is 16.5. The van der Waals surface area contributed by atoms with Gasteiger partial charge in [0.15, 0.2) is 0 Å². The van der Waals surface area contributed by atoms with Crippen molar-refractivity contribution < 1.29 is 4.74 Å². The summed E-state index contributed by atoms with van der Waals surface area (Å²) in [5, 5.41) is 12.1. The molecule has 1 rings (SSSR count). The van der Waals surface area contributed by atoms with Crippen LogP contribution in [0, 0.1) is 17.2 Å². The van der Waals surface area contributed by atoms with Crippen molar-refractivity contribution in [3.05, 3.63) is 29.8 Å². The first kappa shape index (κ1) is 12.5. The van der Waals surface area contributed by atoms with Gasteiger partial charge in [0.2, 0.25) is 0 Å². The summed E-state index contributed by atoms with van der Waals surface area (Å²) in [6, 6.07) is 10.0. The van der Waals surface area contributed by atoms with E-state index in [4.69, 9.17) is 10.00 Å². The Kier molecular flexibility index (Phi) is 4.81.